The van der Waals surface area contributed by atoms with E-state index in [1.807, 2.05) is 74.5 Å². The Balaban J connectivity index is 1.59. The Kier molecular flexibility index (Phi) is 6.29. The van der Waals surface area contributed by atoms with E-state index >= 15 is 0 Å². The van der Waals surface area contributed by atoms with Gasteiger partial charge < -0.3 is 15.4 Å². The predicted octanol–water partition coefficient (Wildman–Crippen LogP) is 3.74. The number of carbonyl (C=O) groups excluding carboxylic acids is 2. The highest BCUT2D eigenvalue weighted by Crippen LogP contribution is 2.22. The summed E-state index contributed by atoms with van der Waals surface area (Å²) in [7, 11) is 0. The molecule has 0 bridgehead atoms. The summed E-state index contributed by atoms with van der Waals surface area (Å²) in [5, 5.41) is 9.91. The van der Waals surface area contributed by atoms with Crippen molar-refractivity contribution in [3.63, 3.8) is 0 Å². The molecule has 1 aromatic heterocycles. The topological polar surface area (TPSA) is 85.3 Å². The van der Waals surface area contributed by atoms with Gasteiger partial charge >= 0.3 is 6.09 Å². The first-order valence-corrected chi connectivity index (χ1v) is 9.35. The number of aromatic nitrogens is 2. The summed E-state index contributed by atoms with van der Waals surface area (Å²) in [6.07, 6.45) is -0.648. The van der Waals surface area contributed by atoms with Gasteiger partial charge in [0, 0.05) is 0 Å². The van der Waals surface area contributed by atoms with Crippen LogP contribution in [0, 0.1) is 13.8 Å². The van der Waals surface area contributed by atoms with Crippen LogP contribution in [0.25, 0.3) is 5.69 Å². The minimum Gasteiger partial charge on any atom is -0.445 e. The van der Waals surface area contributed by atoms with E-state index in [0.29, 0.717) is 11.4 Å². The summed E-state index contributed by atoms with van der Waals surface area (Å²) in [4.78, 5) is 24.5. The molecule has 7 nitrogen and oxygen atoms in total. The van der Waals surface area contributed by atoms with Crippen LogP contribution < -0.4 is 10.6 Å². The zero-order valence-corrected chi connectivity index (χ0v) is 16.7. The number of carbonyl (C=O) groups is 2. The van der Waals surface area contributed by atoms with Gasteiger partial charge in [-0.15, -0.1) is 0 Å². The third-order valence-corrected chi connectivity index (χ3v) is 4.48. The first-order chi connectivity index (χ1) is 14.0. The molecule has 0 fully saturated rings. The molecule has 0 aliphatic rings. The molecule has 1 atom stereocenters. The van der Waals surface area contributed by atoms with Crippen LogP contribution in [0.4, 0.5) is 10.5 Å². The van der Waals surface area contributed by atoms with E-state index in [9.17, 15) is 9.59 Å². The Morgan fingerprint density at radius 1 is 1.03 bits per heavy atom. The Hall–Kier alpha value is -3.61. The Morgan fingerprint density at radius 2 is 1.66 bits per heavy atom. The van der Waals surface area contributed by atoms with Crippen molar-refractivity contribution < 1.29 is 14.3 Å². The van der Waals surface area contributed by atoms with Gasteiger partial charge in [-0.2, -0.15) is 5.10 Å². The van der Waals surface area contributed by atoms with Crippen LogP contribution in [0.5, 0.6) is 0 Å². The highest BCUT2D eigenvalue weighted by Gasteiger charge is 2.20. The normalized spacial score (nSPS) is 11.6. The van der Waals surface area contributed by atoms with Crippen LogP contribution in [0.3, 0.4) is 0 Å². The van der Waals surface area contributed by atoms with Crippen LogP contribution in [0.1, 0.15) is 23.9 Å². The van der Waals surface area contributed by atoms with Crippen molar-refractivity contribution in [1.29, 1.82) is 0 Å². The molecular weight excluding hydrogens is 368 g/mol. The van der Waals surface area contributed by atoms with Crippen molar-refractivity contribution in [3.8, 4) is 5.69 Å². The molecule has 0 spiro atoms. The number of anilines is 1. The van der Waals surface area contributed by atoms with Crippen LogP contribution in [0.2, 0.25) is 0 Å². The van der Waals surface area contributed by atoms with Gasteiger partial charge in [0.2, 0.25) is 5.91 Å². The number of nitrogens with one attached hydrogen (secondary N) is 2. The zero-order valence-electron chi connectivity index (χ0n) is 16.7. The van der Waals surface area contributed by atoms with Gasteiger partial charge in [-0.05, 0) is 38.5 Å². The molecule has 2 N–H and O–H groups in total. The minimum atomic E-state index is -0.767. The second-order valence-corrected chi connectivity index (χ2v) is 6.71. The number of benzene rings is 2. The number of rotatable bonds is 6. The van der Waals surface area contributed by atoms with Crippen LogP contribution in [-0.4, -0.2) is 27.8 Å². The number of nitrogens with zero attached hydrogens (tertiary/aromatic N) is 2. The quantitative estimate of drug-likeness (QED) is 0.669. The van der Waals surface area contributed by atoms with Crippen molar-refractivity contribution in [2.45, 2.75) is 33.4 Å². The van der Waals surface area contributed by atoms with E-state index in [-0.39, 0.29) is 12.5 Å². The molecule has 2 amide bonds. The number of ether oxygens (including phenoxy) is 1. The summed E-state index contributed by atoms with van der Waals surface area (Å²) < 4.78 is 6.94. The van der Waals surface area contributed by atoms with Crippen LogP contribution in [0.15, 0.2) is 60.7 Å². The molecule has 3 rings (SSSR count). The number of alkyl carbamates (subject to hydrolysis) is 1. The number of hydrogen-bond donors (Lipinski definition) is 2. The zero-order chi connectivity index (χ0) is 20.8. The smallest absolute Gasteiger partial charge is 0.408 e. The van der Waals surface area contributed by atoms with Crippen molar-refractivity contribution >= 4 is 17.7 Å². The summed E-state index contributed by atoms with van der Waals surface area (Å²) in [6, 6.07) is 18.3. The van der Waals surface area contributed by atoms with Crippen LogP contribution >= 0.6 is 0 Å². The number of hydrogen-bond acceptors (Lipinski definition) is 4. The van der Waals surface area contributed by atoms with E-state index in [4.69, 9.17) is 4.74 Å². The number of amides is 2. The predicted molar refractivity (Wildman–Crippen MR) is 111 cm³/mol. The molecule has 0 saturated carbocycles. The lowest BCUT2D eigenvalue weighted by atomic mass is 10.2. The summed E-state index contributed by atoms with van der Waals surface area (Å²) in [5.74, 6) is -0.347. The minimum absolute atomic E-state index is 0.142. The average molecular weight is 392 g/mol. The summed E-state index contributed by atoms with van der Waals surface area (Å²) in [6.45, 7) is 5.46. The summed E-state index contributed by atoms with van der Waals surface area (Å²) >= 11 is 0. The van der Waals surface area contributed by atoms with Gasteiger partial charge in [-0.3, -0.25) is 4.79 Å². The molecule has 1 heterocycles. The van der Waals surface area contributed by atoms with Gasteiger partial charge in [-0.1, -0.05) is 48.5 Å². The van der Waals surface area contributed by atoms with E-state index in [2.05, 4.69) is 15.7 Å². The highest BCUT2D eigenvalue weighted by atomic mass is 16.5. The second kappa shape index (κ2) is 9.05. The summed E-state index contributed by atoms with van der Waals surface area (Å²) in [5.41, 5.74) is 3.91. The maximum atomic E-state index is 12.6. The fraction of sp³-hybridized carbons (Fsp3) is 0.227. The van der Waals surface area contributed by atoms with Crippen molar-refractivity contribution in [3.05, 3.63) is 77.6 Å². The molecule has 0 unspecified atom stereocenters. The van der Waals surface area contributed by atoms with E-state index < -0.39 is 12.1 Å². The molecule has 0 aliphatic heterocycles. The van der Waals surface area contributed by atoms with Gasteiger partial charge in [-0.25, -0.2) is 9.48 Å². The maximum Gasteiger partial charge on any atom is 0.408 e. The van der Waals surface area contributed by atoms with Gasteiger partial charge in [0.1, 0.15) is 12.6 Å². The Bertz CT molecular complexity index is 984. The van der Waals surface area contributed by atoms with Crippen molar-refractivity contribution in [2.75, 3.05) is 5.32 Å². The fourth-order valence-electron chi connectivity index (χ4n) is 2.88. The molecule has 0 radical (unpaired) electrons. The fourth-order valence-corrected chi connectivity index (χ4v) is 2.88. The lowest BCUT2D eigenvalue weighted by molar-refractivity contribution is -0.117. The number of para-hydroxylation sites is 1. The second-order valence-electron chi connectivity index (χ2n) is 6.71. The molecule has 7 heteroatoms. The van der Waals surface area contributed by atoms with Crippen LogP contribution in [-0.2, 0) is 16.1 Å². The lowest BCUT2D eigenvalue weighted by Crippen LogP contribution is -2.41. The lowest BCUT2D eigenvalue weighted by Gasteiger charge is -2.14. The molecule has 0 aliphatic carbocycles. The maximum absolute atomic E-state index is 12.6. The van der Waals surface area contributed by atoms with E-state index in [1.165, 1.54) is 0 Å². The van der Waals surface area contributed by atoms with Gasteiger partial charge in [0.25, 0.3) is 0 Å². The third kappa shape index (κ3) is 5.01. The molecular formula is C22H24N4O3. The molecule has 0 saturated heterocycles. The number of aryl methyl sites for hydroxylation is 1. The third-order valence-electron chi connectivity index (χ3n) is 4.48. The van der Waals surface area contributed by atoms with Crippen molar-refractivity contribution in [1.82, 2.24) is 15.1 Å². The van der Waals surface area contributed by atoms with Crippen molar-refractivity contribution in [2.24, 2.45) is 0 Å². The van der Waals surface area contributed by atoms with E-state index in [0.717, 1.165) is 16.9 Å². The highest BCUT2D eigenvalue weighted by molar-refractivity contribution is 5.97. The first kappa shape index (κ1) is 20.1. The molecule has 2 aromatic carbocycles. The van der Waals surface area contributed by atoms with Gasteiger partial charge in [0.15, 0.2) is 0 Å². The molecule has 29 heavy (non-hydrogen) atoms. The average Bonchev–Trinajstić information content (AvgIpc) is 3.02. The molecule has 150 valence electrons. The Morgan fingerprint density at radius 3 is 2.31 bits per heavy atom. The van der Waals surface area contributed by atoms with Gasteiger partial charge in [0.05, 0.1) is 22.8 Å². The largest absolute Gasteiger partial charge is 0.445 e. The monoisotopic (exact) mass is 392 g/mol. The SMILES string of the molecule is Cc1nn(-c2ccccc2)c(C)c1NC(=O)[C@@H](C)NC(=O)OCc1ccccc1. The van der Waals surface area contributed by atoms with E-state index in [1.54, 1.807) is 11.6 Å². The first-order valence-electron chi connectivity index (χ1n) is 9.35. The standard InChI is InChI=1S/C22H24N4O3/c1-15-20(17(3)26(25-15)19-12-8-5-9-13-19)24-21(27)16(2)23-22(28)29-14-18-10-6-4-7-11-18/h4-13,16H,14H2,1-3H3,(H,23,28)(H,24,27)/t16-/m1/s1. The Labute approximate surface area is 169 Å². The molecule has 3 aromatic rings.